The molecule has 4 rings (SSSR count). The number of anilines is 3. The summed E-state index contributed by atoms with van der Waals surface area (Å²) in [6.07, 6.45) is 3.55. The second kappa shape index (κ2) is 7.99. The SMILES string of the molecule is Fc1ccc(N2CCN(c3nccc(NCc4ccccn4)n3)CC2)cc1. The first kappa shape index (κ1) is 17.2. The number of halogens is 1. The fourth-order valence-electron chi connectivity index (χ4n) is 3.10. The molecule has 1 saturated heterocycles. The monoisotopic (exact) mass is 364 g/mol. The molecule has 0 bridgehead atoms. The zero-order valence-electron chi connectivity index (χ0n) is 14.9. The van der Waals surface area contributed by atoms with Gasteiger partial charge in [0.25, 0.3) is 0 Å². The summed E-state index contributed by atoms with van der Waals surface area (Å²) in [5, 5.41) is 3.29. The summed E-state index contributed by atoms with van der Waals surface area (Å²) < 4.78 is 13.1. The van der Waals surface area contributed by atoms with Crippen LogP contribution in [0.25, 0.3) is 0 Å². The van der Waals surface area contributed by atoms with E-state index in [4.69, 9.17) is 0 Å². The van der Waals surface area contributed by atoms with Crippen LogP contribution in [0.2, 0.25) is 0 Å². The van der Waals surface area contributed by atoms with Crippen LogP contribution in [-0.2, 0) is 6.54 Å². The van der Waals surface area contributed by atoms with Gasteiger partial charge in [-0.1, -0.05) is 6.07 Å². The van der Waals surface area contributed by atoms with Crippen LogP contribution in [0.5, 0.6) is 0 Å². The van der Waals surface area contributed by atoms with E-state index in [0.29, 0.717) is 6.54 Å². The molecular formula is C20H21FN6. The van der Waals surface area contributed by atoms with E-state index < -0.39 is 0 Å². The molecule has 0 saturated carbocycles. The van der Waals surface area contributed by atoms with Crippen LogP contribution in [0, 0.1) is 5.82 Å². The largest absolute Gasteiger partial charge is 0.368 e. The van der Waals surface area contributed by atoms with E-state index in [2.05, 4.69) is 30.1 Å². The molecule has 0 spiro atoms. The Balaban J connectivity index is 1.36. The van der Waals surface area contributed by atoms with E-state index in [-0.39, 0.29) is 5.82 Å². The first-order chi connectivity index (χ1) is 13.3. The number of piperazine rings is 1. The highest BCUT2D eigenvalue weighted by Crippen LogP contribution is 2.19. The lowest BCUT2D eigenvalue weighted by Crippen LogP contribution is -2.47. The highest BCUT2D eigenvalue weighted by molar-refractivity contribution is 5.49. The van der Waals surface area contributed by atoms with Gasteiger partial charge >= 0.3 is 0 Å². The second-order valence-electron chi connectivity index (χ2n) is 6.37. The van der Waals surface area contributed by atoms with Crippen molar-refractivity contribution in [3.05, 3.63) is 72.4 Å². The number of hydrogen-bond donors (Lipinski definition) is 1. The van der Waals surface area contributed by atoms with Crippen LogP contribution < -0.4 is 15.1 Å². The Labute approximate surface area is 157 Å². The summed E-state index contributed by atoms with van der Waals surface area (Å²) in [4.78, 5) is 17.8. The van der Waals surface area contributed by atoms with Crippen molar-refractivity contribution < 1.29 is 4.39 Å². The van der Waals surface area contributed by atoms with E-state index >= 15 is 0 Å². The summed E-state index contributed by atoms with van der Waals surface area (Å²) in [5.74, 6) is 1.30. The standard InChI is InChI=1S/C20H21FN6/c21-16-4-6-18(7-5-16)26-11-13-27(14-12-26)20-23-10-8-19(25-20)24-15-17-3-1-2-9-22-17/h1-10H,11-15H2,(H,23,24,25). The summed E-state index contributed by atoms with van der Waals surface area (Å²) in [6, 6.07) is 14.4. The molecule has 0 amide bonds. The molecule has 1 aromatic carbocycles. The molecule has 2 aromatic heterocycles. The van der Waals surface area contributed by atoms with Crippen LogP contribution in [0.1, 0.15) is 5.69 Å². The minimum Gasteiger partial charge on any atom is -0.368 e. The molecule has 1 fully saturated rings. The topological polar surface area (TPSA) is 57.2 Å². The predicted octanol–water partition coefficient (Wildman–Crippen LogP) is 2.95. The van der Waals surface area contributed by atoms with Crippen LogP contribution in [-0.4, -0.2) is 41.1 Å². The van der Waals surface area contributed by atoms with Gasteiger partial charge in [-0.3, -0.25) is 4.98 Å². The summed E-state index contributed by atoms with van der Waals surface area (Å²) in [6.45, 7) is 3.96. The van der Waals surface area contributed by atoms with Crippen LogP contribution in [0.3, 0.4) is 0 Å². The molecule has 3 heterocycles. The van der Waals surface area contributed by atoms with E-state index in [1.165, 1.54) is 12.1 Å². The fourth-order valence-corrected chi connectivity index (χ4v) is 3.10. The van der Waals surface area contributed by atoms with Gasteiger partial charge in [0, 0.05) is 44.3 Å². The first-order valence-electron chi connectivity index (χ1n) is 9.00. The maximum Gasteiger partial charge on any atom is 0.227 e. The third-order valence-electron chi connectivity index (χ3n) is 4.57. The van der Waals surface area contributed by atoms with Crippen molar-refractivity contribution in [3.8, 4) is 0 Å². The van der Waals surface area contributed by atoms with E-state index in [1.807, 2.05) is 36.4 Å². The molecule has 0 aliphatic carbocycles. The van der Waals surface area contributed by atoms with Gasteiger partial charge < -0.3 is 15.1 Å². The summed E-state index contributed by atoms with van der Waals surface area (Å²) in [5.41, 5.74) is 2.01. The predicted molar refractivity (Wildman–Crippen MR) is 104 cm³/mol. The summed E-state index contributed by atoms with van der Waals surface area (Å²) in [7, 11) is 0. The quantitative estimate of drug-likeness (QED) is 0.751. The number of nitrogens with zero attached hydrogens (tertiary/aromatic N) is 5. The molecule has 3 aromatic rings. The number of aromatic nitrogens is 3. The Bertz CT molecular complexity index is 863. The van der Waals surface area contributed by atoms with Crippen molar-refractivity contribution in [3.63, 3.8) is 0 Å². The zero-order valence-corrected chi connectivity index (χ0v) is 14.9. The van der Waals surface area contributed by atoms with Crippen molar-refractivity contribution >= 4 is 17.5 Å². The molecule has 1 aliphatic rings. The van der Waals surface area contributed by atoms with E-state index in [9.17, 15) is 4.39 Å². The molecule has 138 valence electrons. The van der Waals surface area contributed by atoms with Gasteiger partial charge in [-0.05, 0) is 42.5 Å². The van der Waals surface area contributed by atoms with Crippen molar-refractivity contribution in [2.45, 2.75) is 6.54 Å². The molecule has 0 atom stereocenters. The number of nitrogens with one attached hydrogen (secondary N) is 1. The van der Waals surface area contributed by atoms with E-state index in [0.717, 1.165) is 49.3 Å². The Hall–Kier alpha value is -3.22. The van der Waals surface area contributed by atoms with Crippen molar-refractivity contribution in [2.75, 3.05) is 41.3 Å². The van der Waals surface area contributed by atoms with Gasteiger partial charge in [-0.15, -0.1) is 0 Å². The van der Waals surface area contributed by atoms with Crippen molar-refractivity contribution in [1.29, 1.82) is 0 Å². The average Bonchev–Trinajstić information content (AvgIpc) is 2.74. The molecule has 7 heteroatoms. The first-order valence-corrected chi connectivity index (χ1v) is 9.00. The van der Waals surface area contributed by atoms with Crippen molar-refractivity contribution in [1.82, 2.24) is 15.0 Å². The Morgan fingerprint density at radius 1 is 0.852 bits per heavy atom. The maximum atomic E-state index is 13.1. The number of rotatable bonds is 5. The maximum absolute atomic E-state index is 13.1. The summed E-state index contributed by atoms with van der Waals surface area (Å²) >= 11 is 0. The highest BCUT2D eigenvalue weighted by Gasteiger charge is 2.19. The second-order valence-corrected chi connectivity index (χ2v) is 6.37. The van der Waals surface area contributed by atoms with Crippen LogP contribution in [0.4, 0.5) is 21.8 Å². The number of hydrogen-bond acceptors (Lipinski definition) is 6. The Kier molecular flexibility index (Phi) is 5.09. The Morgan fingerprint density at radius 3 is 2.37 bits per heavy atom. The van der Waals surface area contributed by atoms with Gasteiger partial charge in [0.1, 0.15) is 11.6 Å². The Morgan fingerprint density at radius 2 is 1.63 bits per heavy atom. The van der Waals surface area contributed by atoms with Gasteiger partial charge in [-0.2, -0.15) is 4.98 Å². The van der Waals surface area contributed by atoms with Crippen LogP contribution >= 0.6 is 0 Å². The molecular weight excluding hydrogens is 343 g/mol. The molecule has 27 heavy (non-hydrogen) atoms. The zero-order chi connectivity index (χ0) is 18.5. The fraction of sp³-hybridized carbons (Fsp3) is 0.250. The molecule has 6 nitrogen and oxygen atoms in total. The minimum atomic E-state index is -0.208. The molecule has 1 aliphatic heterocycles. The van der Waals surface area contributed by atoms with Gasteiger partial charge in [0.05, 0.1) is 12.2 Å². The molecule has 0 unspecified atom stereocenters. The lowest BCUT2D eigenvalue weighted by atomic mass is 10.2. The highest BCUT2D eigenvalue weighted by atomic mass is 19.1. The van der Waals surface area contributed by atoms with Gasteiger partial charge in [0.2, 0.25) is 5.95 Å². The third-order valence-corrected chi connectivity index (χ3v) is 4.57. The normalized spacial score (nSPS) is 14.3. The smallest absolute Gasteiger partial charge is 0.227 e. The molecule has 1 N–H and O–H groups in total. The third kappa shape index (κ3) is 4.31. The van der Waals surface area contributed by atoms with Crippen molar-refractivity contribution in [2.24, 2.45) is 0 Å². The average molecular weight is 364 g/mol. The number of pyridine rings is 1. The van der Waals surface area contributed by atoms with Crippen LogP contribution in [0.15, 0.2) is 60.9 Å². The minimum absolute atomic E-state index is 0.208. The number of benzene rings is 1. The van der Waals surface area contributed by atoms with Gasteiger partial charge in [0.15, 0.2) is 0 Å². The lowest BCUT2D eigenvalue weighted by molar-refractivity contribution is 0.623. The lowest BCUT2D eigenvalue weighted by Gasteiger charge is -2.36. The van der Waals surface area contributed by atoms with E-state index in [1.54, 1.807) is 12.4 Å². The molecule has 0 radical (unpaired) electrons. The van der Waals surface area contributed by atoms with Gasteiger partial charge in [-0.25, -0.2) is 9.37 Å².